The second-order valence-corrected chi connectivity index (χ2v) is 10.8. The number of hydrogen-bond donors (Lipinski definition) is 0. The van der Waals surface area contributed by atoms with Crippen LogP contribution >= 0.6 is 11.3 Å². The first-order chi connectivity index (χ1) is 16.9. The topological polar surface area (TPSA) is 83.0 Å². The highest BCUT2D eigenvalue weighted by Crippen LogP contribution is 2.47. The van der Waals surface area contributed by atoms with E-state index in [1.807, 2.05) is 33.8 Å². The van der Waals surface area contributed by atoms with Crippen LogP contribution in [0, 0.1) is 0 Å². The summed E-state index contributed by atoms with van der Waals surface area (Å²) in [5.74, 6) is 0.364. The molecular formula is C26H32N4O4S. The monoisotopic (exact) mass is 496 g/mol. The summed E-state index contributed by atoms with van der Waals surface area (Å²) in [7, 11) is 1.60. The molecule has 0 bridgehead atoms. The fraction of sp³-hybridized carbons (Fsp3) is 0.538. The van der Waals surface area contributed by atoms with Gasteiger partial charge < -0.3 is 19.4 Å². The Bertz CT molecular complexity index is 1140. The first-order valence-electron chi connectivity index (χ1n) is 12.4. The predicted molar refractivity (Wildman–Crippen MR) is 134 cm³/mol. The molecule has 8 nitrogen and oxygen atoms in total. The van der Waals surface area contributed by atoms with E-state index in [4.69, 9.17) is 4.74 Å². The van der Waals surface area contributed by atoms with Crippen molar-refractivity contribution in [3.63, 3.8) is 0 Å². The van der Waals surface area contributed by atoms with Crippen LogP contribution in [-0.4, -0.2) is 72.3 Å². The second kappa shape index (κ2) is 9.60. The summed E-state index contributed by atoms with van der Waals surface area (Å²) in [6.45, 7) is 5.52. The molecule has 3 amide bonds. The molecule has 9 heteroatoms. The van der Waals surface area contributed by atoms with Crippen LogP contribution in [0.3, 0.4) is 0 Å². The Morgan fingerprint density at radius 1 is 1.09 bits per heavy atom. The Morgan fingerprint density at radius 2 is 1.91 bits per heavy atom. The van der Waals surface area contributed by atoms with E-state index in [0.29, 0.717) is 44.0 Å². The van der Waals surface area contributed by atoms with Crippen molar-refractivity contribution in [3.8, 4) is 5.06 Å². The lowest BCUT2D eigenvalue weighted by Crippen LogP contribution is -2.42. The summed E-state index contributed by atoms with van der Waals surface area (Å²) < 4.78 is 5.22. The van der Waals surface area contributed by atoms with Gasteiger partial charge in [0.05, 0.1) is 19.7 Å². The quantitative estimate of drug-likeness (QED) is 0.589. The standard InChI is InChI=1S/C26H32N4O4S/c1-3-22(31)29-12-9-26(16-29)17-30(24(33)14-21-27-15-25(34-2)35-21)20-7-5-18(13-19(20)26)6-8-23(32)28-10-4-11-28/h5,7,13,15H,3-4,6,8-12,14,16-17H2,1-2H3. The third-order valence-electron chi connectivity index (χ3n) is 7.57. The number of hydrogen-bond acceptors (Lipinski definition) is 6. The number of thiazole rings is 1. The molecule has 2 saturated heterocycles. The molecule has 2 aromatic rings. The van der Waals surface area contributed by atoms with Crippen LogP contribution in [0.1, 0.15) is 48.7 Å². The molecule has 1 aromatic carbocycles. The summed E-state index contributed by atoms with van der Waals surface area (Å²) in [5, 5.41) is 1.41. The maximum atomic E-state index is 13.4. The van der Waals surface area contributed by atoms with E-state index in [9.17, 15) is 14.4 Å². The van der Waals surface area contributed by atoms with Gasteiger partial charge in [-0.1, -0.05) is 30.4 Å². The zero-order valence-corrected chi connectivity index (χ0v) is 21.2. The third-order valence-corrected chi connectivity index (χ3v) is 8.52. The summed E-state index contributed by atoms with van der Waals surface area (Å²) in [4.78, 5) is 48.3. The highest BCUT2D eigenvalue weighted by Gasteiger charge is 2.49. The van der Waals surface area contributed by atoms with E-state index >= 15 is 0 Å². The lowest BCUT2D eigenvalue weighted by atomic mass is 9.80. The van der Waals surface area contributed by atoms with Crippen molar-refractivity contribution >= 4 is 34.7 Å². The zero-order chi connectivity index (χ0) is 24.6. The van der Waals surface area contributed by atoms with E-state index < -0.39 is 0 Å². The van der Waals surface area contributed by atoms with Gasteiger partial charge in [0, 0.05) is 56.7 Å². The molecule has 0 saturated carbocycles. The van der Waals surface area contributed by atoms with Crippen molar-refractivity contribution in [1.29, 1.82) is 0 Å². The summed E-state index contributed by atoms with van der Waals surface area (Å²) in [6, 6.07) is 6.24. The largest absolute Gasteiger partial charge is 0.486 e. The van der Waals surface area contributed by atoms with Gasteiger partial charge in [-0.3, -0.25) is 14.4 Å². The Hall–Kier alpha value is -2.94. The van der Waals surface area contributed by atoms with Crippen LogP contribution in [0.25, 0.3) is 0 Å². The SMILES string of the molecule is CCC(=O)N1CCC2(C1)CN(C(=O)Cc1ncc(OC)s1)c1ccc(CCC(=O)N3CCC3)cc12. The molecule has 2 fully saturated rings. The number of methoxy groups -OCH3 is 1. The number of ether oxygens (including phenoxy) is 1. The van der Waals surface area contributed by atoms with Crippen molar-refractivity contribution in [1.82, 2.24) is 14.8 Å². The molecule has 35 heavy (non-hydrogen) atoms. The van der Waals surface area contributed by atoms with Crippen LogP contribution in [0.15, 0.2) is 24.4 Å². The maximum absolute atomic E-state index is 13.4. The van der Waals surface area contributed by atoms with Gasteiger partial charge in [-0.25, -0.2) is 4.98 Å². The Morgan fingerprint density at radius 3 is 2.60 bits per heavy atom. The first kappa shape index (κ1) is 23.8. The summed E-state index contributed by atoms with van der Waals surface area (Å²) >= 11 is 1.38. The normalized spacial score (nSPS) is 20.8. The van der Waals surface area contributed by atoms with E-state index in [1.54, 1.807) is 13.3 Å². The highest BCUT2D eigenvalue weighted by molar-refractivity contribution is 7.13. The summed E-state index contributed by atoms with van der Waals surface area (Å²) in [6.07, 6.45) is 5.45. The minimum Gasteiger partial charge on any atom is -0.486 e. The zero-order valence-electron chi connectivity index (χ0n) is 20.4. The summed E-state index contributed by atoms with van der Waals surface area (Å²) in [5.41, 5.74) is 2.88. The van der Waals surface area contributed by atoms with Crippen molar-refractivity contribution in [2.24, 2.45) is 0 Å². The number of nitrogens with zero attached hydrogens (tertiary/aromatic N) is 4. The molecule has 1 spiro atoms. The fourth-order valence-corrected chi connectivity index (χ4v) is 6.14. The van der Waals surface area contributed by atoms with Gasteiger partial charge in [-0.05, 0) is 36.5 Å². The Balaban J connectivity index is 1.39. The molecule has 5 rings (SSSR count). The van der Waals surface area contributed by atoms with E-state index in [0.717, 1.165) is 47.8 Å². The van der Waals surface area contributed by atoms with Gasteiger partial charge in [-0.2, -0.15) is 0 Å². The number of anilines is 1. The van der Waals surface area contributed by atoms with Gasteiger partial charge in [0.25, 0.3) is 0 Å². The molecule has 0 radical (unpaired) electrons. The van der Waals surface area contributed by atoms with Crippen molar-refractivity contribution in [3.05, 3.63) is 40.5 Å². The molecule has 186 valence electrons. The minimum absolute atomic E-state index is 0.00103. The average Bonchev–Trinajstić information content (AvgIpc) is 3.54. The third kappa shape index (κ3) is 4.53. The number of carbonyl (C=O) groups excluding carboxylic acids is 3. The smallest absolute Gasteiger partial charge is 0.233 e. The molecule has 0 N–H and O–H groups in total. The van der Waals surface area contributed by atoms with Crippen molar-refractivity contribution in [2.45, 2.75) is 50.9 Å². The van der Waals surface area contributed by atoms with Crippen molar-refractivity contribution in [2.75, 3.05) is 44.7 Å². The van der Waals surface area contributed by atoms with Crippen LogP contribution < -0.4 is 9.64 Å². The van der Waals surface area contributed by atoms with Crippen molar-refractivity contribution < 1.29 is 19.1 Å². The minimum atomic E-state index is -0.270. The molecular weight excluding hydrogens is 464 g/mol. The first-order valence-corrected chi connectivity index (χ1v) is 13.2. The van der Waals surface area contributed by atoms with Gasteiger partial charge >= 0.3 is 0 Å². The fourth-order valence-electron chi connectivity index (χ4n) is 5.42. The number of benzene rings is 1. The average molecular weight is 497 g/mol. The van der Waals surface area contributed by atoms with Crippen LogP contribution in [0.2, 0.25) is 0 Å². The van der Waals surface area contributed by atoms with Gasteiger partial charge in [0.15, 0.2) is 5.06 Å². The molecule has 3 aliphatic rings. The second-order valence-electron chi connectivity index (χ2n) is 9.72. The van der Waals surface area contributed by atoms with Crippen LogP contribution in [0.4, 0.5) is 5.69 Å². The lowest BCUT2D eigenvalue weighted by molar-refractivity contribution is -0.134. The lowest BCUT2D eigenvalue weighted by Gasteiger charge is -2.31. The number of rotatable bonds is 7. The molecule has 4 heterocycles. The number of likely N-dealkylation sites (tertiary alicyclic amines) is 2. The predicted octanol–water partition coefficient (Wildman–Crippen LogP) is 2.79. The van der Waals surface area contributed by atoms with E-state index in [1.165, 1.54) is 11.3 Å². The number of fused-ring (bicyclic) bond motifs is 2. The van der Waals surface area contributed by atoms with E-state index in [-0.39, 0.29) is 29.6 Å². The van der Waals surface area contributed by atoms with Gasteiger partial charge in [0.1, 0.15) is 5.01 Å². The molecule has 0 aliphatic carbocycles. The number of amides is 3. The Labute approximate surface area is 209 Å². The van der Waals surface area contributed by atoms with Gasteiger partial charge in [0.2, 0.25) is 17.7 Å². The number of aromatic nitrogens is 1. The Kier molecular flexibility index (Phi) is 6.53. The highest BCUT2D eigenvalue weighted by atomic mass is 32.1. The maximum Gasteiger partial charge on any atom is 0.233 e. The van der Waals surface area contributed by atoms with Gasteiger partial charge in [-0.15, -0.1) is 0 Å². The number of aryl methyl sites for hydroxylation is 1. The van der Waals surface area contributed by atoms with Crippen LogP contribution in [0.5, 0.6) is 5.06 Å². The molecule has 1 atom stereocenters. The number of carbonyl (C=O) groups is 3. The molecule has 1 unspecified atom stereocenters. The molecule has 1 aromatic heterocycles. The molecule has 3 aliphatic heterocycles. The van der Waals surface area contributed by atoms with E-state index in [2.05, 4.69) is 11.1 Å². The van der Waals surface area contributed by atoms with Crippen LogP contribution in [-0.2, 0) is 32.6 Å².